The number of nitrogens with zero attached hydrogens (tertiary/aromatic N) is 1. The van der Waals surface area contributed by atoms with Crippen LogP contribution in [0.15, 0.2) is 0 Å². The summed E-state index contributed by atoms with van der Waals surface area (Å²) in [5.41, 5.74) is 5.14. The molecule has 2 amide bonds. The van der Waals surface area contributed by atoms with Crippen molar-refractivity contribution in [3.05, 3.63) is 0 Å². The number of carbonyl (C=O) groups excluding carboxylic acids is 1. The molecule has 1 atom stereocenters. The van der Waals surface area contributed by atoms with Crippen LogP contribution in [0.1, 0.15) is 27.2 Å². The highest BCUT2D eigenvalue weighted by atomic mass is 16.2. The van der Waals surface area contributed by atoms with Crippen LogP contribution in [0.4, 0.5) is 4.79 Å². The van der Waals surface area contributed by atoms with Crippen molar-refractivity contribution in [3.63, 3.8) is 0 Å². The van der Waals surface area contributed by atoms with Crippen LogP contribution in [0.3, 0.4) is 0 Å². The van der Waals surface area contributed by atoms with E-state index >= 15 is 0 Å². The second-order valence-electron chi connectivity index (χ2n) is 5.17. The molecule has 1 fully saturated rings. The van der Waals surface area contributed by atoms with Crippen LogP contribution in [0.5, 0.6) is 0 Å². The fourth-order valence-corrected chi connectivity index (χ4v) is 1.66. The van der Waals surface area contributed by atoms with Gasteiger partial charge in [0, 0.05) is 24.7 Å². The summed E-state index contributed by atoms with van der Waals surface area (Å²) < 4.78 is 0. The third kappa shape index (κ3) is 3.96. The van der Waals surface area contributed by atoms with E-state index in [0.717, 1.165) is 13.0 Å². The predicted molar refractivity (Wildman–Crippen MR) is 63.3 cm³/mol. The first-order chi connectivity index (χ1) is 7.28. The summed E-state index contributed by atoms with van der Waals surface area (Å²) in [5, 5.41) is 13.0. The van der Waals surface area contributed by atoms with Crippen molar-refractivity contribution < 1.29 is 4.79 Å². The van der Waals surface area contributed by atoms with Gasteiger partial charge in [0.2, 0.25) is 0 Å². The van der Waals surface area contributed by atoms with Crippen LogP contribution in [-0.2, 0) is 0 Å². The van der Waals surface area contributed by atoms with Crippen molar-refractivity contribution in [2.75, 3.05) is 13.1 Å². The van der Waals surface area contributed by atoms with E-state index in [9.17, 15) is 4.79 Å². The highest BCUT2D eigenvalue weighted by molar-refractivity contribution is 5.76. The fraction of sp³-hybridized carbons (Fsp3) is 0.800. The SMILES string of the molecule is CC(C)(C)NC(=O)N[C@@H]1CCN(C(=N)N)C1. The fourth-order valence-electron chi connectivity index (χ4n) is 1.66. The maximum Gasteiger partial charge on any atom is 0.315 e. The van der Waals surface area contributed by atoms with Gasteiger partial charge in [-0.15, -0.1) is 0 Å². The van der Waals surface area contributed by atoms with Crippen molar-refractivity contribution in [1.82, 2.24) is 15.5 Å². The minimum Gasteiger partial charge on any atom is -0.370 e. The van der Waals surface area contributed by atoms with Crippen LogP contribution in [0, 0.1) is 5.41 Å². The highest BCUT2D eigenvalue weighted by Gasteiger charge is 2.25. The monoisotopic (exact) mass is 227 g/mol. The zero-order valence-corrected chi connectivity index (χ0v) is 10.1. The maximum atomic E-state index is 11.6. The molecule has 0 aromatic carbocycles. The third-order valence-electron chi connectivity index (χ3n) is 2.35. The molecule has 0 aromatic heterocycles. The molecule has 1 heterocycles. The Hall–Kier alpha value is -1.46. The molecule has 0 saturated carbocycles. The molecular weight excluding hydrogens is 206 g/mol. The lowest BCUT2D eigenvalue weighted by atomic mass is 10.1. The van der Waals surface area contributed by atoms with Gasteiger partial charge in [0.25, 0.3) is 0 Å². The van der Waals surface area contributed by atoms with Crippen LogP contribution in [-0.4, -0.2) is 41.6 Å². The zero-order chi connectivity index (χ0) is 12.3. The molecule has 1 saturated heterocycles. The van der Waals surface area contributed by atoms with Crippen molar-refractivity contribution in [2.24, 2.45) is 5.73 Å². The molecule has 0 aromatic rings. The normalized spacial score (nSPS) is 20.7. The topological polar surface area (TPSA) is 94.2 Å². The number of urea groups is 1. The quantitative estimate of drug-likeness (QED) is 0.376. The summed E-state index contributed by atoms with van der Waals surface area (Å²) in [7, 11) is 0. The molecule has 0 spiro atoms. The van der Waals surface area contributed by atoms with E-state index in [4.69, 9.17) is 11.1 Å². The molecule has 0 bridgehead atoms. The molecule has 92 valence electrons. The number of likely N-dealkylation sites (tertiary alicyclic amines) is 1. The largest absolute Gasteiger partial charge is 0.370 e. The Bertz CT molecular complexity index is 283. The highest BCUT2D eigenvalue weighted by Crippen LogP contribution is 2.08. The van der Waals surface area contributed by atoms with Gasteiger partial charge >= 0.3 is 6.03 Å². The van der Waals surface area contributed by atoms with E-state index in [1.54, 1.807) is 4.90 Å². The van der Waals surface area contributed by atoms with E-state index in [1.165, 1.54) is 0 Å². The smallest absolute Gasteiger partial charge is 0.315 e. The lowest BCUT2D eigenvalue weighted by Gasteiger charge is -2.23. The Morgan fingerprint density at radius 3 is 2.56 bits per heavy atom. The summed E-state index contributed by atoms with van der Waals surface area (Å²) >= 11 is 0. The molecule has 1 aliphatic heterocycles. The number of guanidine groups is 1. The standard InChI is InChI=1S/C10H21N5O/c1-10(2,3)14-9(16)13-7-4-5-15(6-7)8(11)12/h7H,4-6H2,1-3H3,(H3,11,12)(H2,13,14,16)/t7-/m1/s1. The van der Waals surface area contributed by atoms with Gasteiger partial charge in [-0.2, -0.15) is 0 Å². The predicted octanol–water partition coefficient (Wildman–Crippen LogP) is 0.0519. The van der Waals surface area contributed by atoms with E-state index < -0.39 is 0 Å². The zero-order valence-electron chi connectivity index (χ0n) is 10.1. The van der Waals surface area contributed by atoms with E-state index in [1.807, 2.05) is 20.8 Å². The van der Waals surface area contributed by atoms with Crippen LogP contribution < -0.4 is 16.4 Å². The molecule has 16 heavy (non-hydrogen) atoms. The van der Waals surface area contributed by atoms with Crippen molar-refractivity contribution in [1.29, 1.82) is 5.41 Å². The number of hydrogen-bond donors (Lipinski definition) is 4. The molecular formula is C10H21N5O. The number of carbonyl (C=O) groups is 1. The van der Waals surface area contributed by atoms with E-state index in [2.05, 4.69) is 10.6 Å². The van der Waals surface area contributed by atoms with Gasteiger partial charge in [0.05, 0.1) is 0 Å². The average Bonchev–Trinajstić information content (AvgIpc) is 2.48. The molecule has 0 radical (unpaired) electrons. The number of hydrogen-bond acceptors (Lipinski definition) is 2. The summed E-state index contributed by atoms with van der Waals surface area (Å²) in [4.78, 5) is 13.3. The van der Waals surface area contributed by atoms with Gasteiger partial charge in [-0.3, -0.25) is 5.41 Å². The summed E-state index contributed by atoms with van der Waals surface area (Å²) in [6.45, 7) is 7.15. The molecule has 6 heteroatoms. The van der Waals surface area contributed by atoms with Gasteiger partial charge in [-0.25, -0.2) is 4.79 Å². The van der Waals surface area contributed by atoms with Gasteiger partial charge in [0.15, 0.2) is 5.96 Å². The van der Waals surface area contributed by atoms with Gasteiger partial charge < -0.3 is 21.3 Å². The lowest BCUT2D eigenvalue weighted by molar-refractivity contribution is 0.228. The number of rotatable bonds is 1. The number of nitrogens with two attached hydrogens (primary N) is 1. The molecule has 1 aliphatic rings. The van der Waals surface area contributed by atoms with Crippen LogP contribution in [0.2, 0.25) is 0 Å². The van der Waals surface area contributed by atoms with Crippen LogP contribution in [0.25, 0.3) is 0 Å². The summed E-state index contributed by atoms with van der Waals surface area (Å²) in [6.07, 6.45) is 0.830. The second-order valence-corrected chi connectivity index (χ2v) is 5.17. The van der Waals surface area contributed by atoms with Gasteiger partial charge in [0.1, 0.15) is 0 Å². The first kappa shape index (κ1) is 12.6. The van der Waals surface area contributed by atoms with E-state index in [-0.39, 0.29) is 23.6 Å². The summed E-state index contributed by atoms with van der Waals surface area (Å²) in [5.74, 6) is 0.0699. The van der Waals surface area contributed by atoms with E-state index in [0.29, 0.717) is 6.54 Å². The minimum absolute atomic E-state index is 0.0699. The Labute approximate surface area is 96.1 Å². The second kappa shape index (κ2) is 4.59. The summed E-state index contributed by atoms with van der Waals surface area (Å²) in [6, 6.07) is -0.0887. The Balaban J connectivity index is 2.34. The maximum absolute atomic E-state index is 11.6. The van der Waals surface area contributed by atoms with Gasteiger partial charge in [-0.1, -0.05) is 0 Å². The minimum atomic E-state index is -0.233. The Kier molecular flexibility index (Phi) is 3.62. The van der Waals surface area contributed by atoms with Crippen LogP contribution >= 0.6 is 0 Å². The number of nitrogens with one attached hydrogen (secondary N) is 3. The molecule has 5 N–H and O–H groups in total. The third-order valence-corrected chi connectivity index (χ3v) is 2.35. The van der Waals surface area contributed by atoms with Crippen molar-refractivity contribution in [2.45, 2.75) is 38.8 Å². The Morgan fingerprint density at radius 2 is 2.12 bits per heavy atom. The molecule has 0 unspecified atom stereocenters. The lowest BCUT2D eigenvalue weighted by Crippen LogP contribution is -2.50. The van der Waals surface area contributed by atoms with Crippen molar-refractivity contribution >= 4 is 12.0 Å². The Morgan fingerprint density at radius 1 is 1.50 bits per heavy atom. The molecule has 1 rings (SSSR count). The first-order valence-corrected chi connectivity index (χ1v) is 5.45. The van der Waals surface area contributed by atoms with Gasteiger partial charge in [-0.05, 0) is 27.2 Å². The van der Waals surface area contributed by atoms with Crippen molar-refractivity contribution in [3.8, 4) is 0 Å². The molecule has 6 nitrogen and oxygen atoms in total. The molecule has 0 aliphatic carbocycles. The average molecular weight is 227 g/mol. The first-order valence-electron chi connectivity index (χ1n) is 5.45. The number of amides is 2.